The molecule has 1 amide bonds. The first kappa shape index (κ1) is 14.9. The predicted molar refractivity (Wildman–Crippen MR) is 76.7 cm³/mol. The molecule has 2 heterocycles. The number of hydrogen-bond donors (Lipinski definition) is 2. The lowest BCUT2D eigenvalue weighted by Crippen LogP contribution is -2.80. The fourth-order valence-corrected chi connectivity index (χ4v) is 4.21. The van der Waals surface area contributed by atoms with Crippen LogP contribution in [0.2, 0.25) is 0 Å². The molecule has 21 heavy (non-hydrogen) atoms. The molecule has 2 saturated heterocycles. The highest BCUT2D eigenvalue weighted by Crippen LogP contribution is 2.53. The van der Waals surface area contributed by atoms with Gasteiger partial charge < -0.3 is 15.2 Å². The molecule has 0 aromatic heterocycles. The molecule has 5 nitrogen and oxygen atoms in total. The number of ether oxygens (including phenoxy) is 1. The summed E-state index contributed by atoms with van der Waals surface area (Å²) in [6.07, 6.45) is 6.17. The second-order valence-corrected chi connectivity index (χ2v) is 6.67. The maximum Gasteiger partial charge on any atom is 0.339 e. The molecule has 0 saturated carbocycles. The monoisotopic (exact) mass is 313 g/mol. The van der Waals surface area contributed by atoms with E-state index < -0.39 is 29.1 Å². The highest BCUT2D eigenvalue weighted by Gasteiger charge is 2.79. The Morgan fingerprint density at radius 2 is 2.33 bits per heavy atom. The van der Waals surface area contributed by atoms with Crippen molar-refractivity contribution in [3.63, 3.8) is 0 Å². The van der Waals surface area contributed by atoms with Crippen LogP contribution < -0.4 is 5.32 Å². The Hall–Kier alpha value is -1.07. The van der Waals surface area contributed by atoms with Gasteiger partial charge in [-0.2, -0.15) is 0 Å². The molecule has 0 spiro atoms. The van der Waals surface area contributed by atoms with Gasteiger partial charge in [0.25, 0.3) is 0 Å². The average molecular weight is 314 g/mol. The van der Waals surface area contributed by atoms with Gasteiger partial charge in [-0.3, -0.25) is 4.79 Å². The van der Waals surface area contributed by atoms with Crippen LogP contribution in [0.25, 0.3) is 0 Å². The van der Waals surface area contributed by atoms with Crippen LogP contribution >= 0.6 is 11.6 Å². The molecule has 2 fully saturated rings. The molecule has 3 aliphatic rings. The topological polar surface area (TPSA) is 75.6 Å². The molecular formula is C15H20ClNO4. The number of rotatable bonds is 4. The van der Waals surface area contributed by atoms with Gasteiger partial charge in [-0.05, 0) is 32.6 Å². The van der Waals surface area contributed by atoms with Crippen LogP contribution in [0.15, 0.2) is 12.2 Å². The fraction of sp³-hybridized carbons (Fsp3) is 0.733. The zero-order valence-corrected chi connectivity index (χ0v) is 12.7. The maximum atomic E-state index is 12.2. The van der Waals surface area contributed by atoms with E-state index in [1.165, 1.54) is 0 Å². The molecule has 2 aliphatic heterocycles. The number of carbonyl (C=O) groups is 2. The minimum Gasteiger partial charge on any atom is -0.453 e. The minimum absolute atomic E-state index is 0.138. The van der Waals surface area contributed by atoms with Gasteiger partial charge in [-0.1, -0.05) is 12.2 Å². The Balaban J connectivity index is 1.94. The largest absolute Gasteiger partial charge is 0.453 e. The zero-order chi connectivity index (χ0) is 15.3. The molecule has 6 heteroatoms. The number of aliphatic hydroxyl groups excluding tert-OH is 1. The Bertz CT molecular complexity index is 508. The minimum atomic E-state index is -1.33. The number of amides is 1. The number of nitrogens with one attached hydrogen (secondary N) is 1. The van der Waals surface area contributed by atoms with Crippen LogP contribution in [-0.4, -0.2) is 40.1 Å². The molecule has 2 N–H and O–H groups in total. The highest BCUT2D eigenvalue weighted by molar-refractivity contribution is 6.18. The van der Waals surface area contributed by atoms with Crippen molar-refractivity contribution >= 4 is 23.5 Å². The SMILES string of the molecule is CC12OC(=O)[C@@]1(C(O)C1C=CCCC1)NC(=O)C2CCCl. The summed E-state index contributed by atoms with van der Waals surface area (Å²) >= 11 is 5.76. The standard InChI is InChI=1S/C15H20ClNO4/c1-14-10(7-8-16)12(19)17-15(14,13(20)21-14)11(18)9-5-3-2-4-6-9/h3,5,9-11,18H,2,4,6-8H2,1H3,(H,17,19)/t9?,10?,11?,14?,15-/m1/s1. The third-order valence-corrected chi connectivity index (χ3v) is 5.47. The highest BCUT2D eigenvalue weighted by atomic mass is 35.5. The Labute approximate surface area is 128 Å². The van der Waals surface area contributed by atoms with E-state index in [1.807, 2.05) is 12.2 Å². The van der Waals surface area contributed by atoms with Crippen LogP contribution in [0.3, 0.4) is 0 Å². The molecule has 116 valence electrons. The van der Waals surface area contributed by atoms with Gasteiger partial charge in [-0.15, -0.1) is 11.6 Å². The summed E-state index contributed by atoms with van der Waals surface area (Å²) in [6, 6.07) is 0. The number of esters is 1. The van der Waals surface area contributed by atoms with Gasteiger partial charge in [0, 0.05) is 11.8 Å². The number of fused-ring (bicyclic) bond motifs is 1. The molecule has 0 aromatic carbocycles. The summed E-state index contributed by atoms with van der Waals surface area (Å²) in [4.78, 5) is 24.4. The van der Waals surface area contributed by atoms with E-state index in [2.05, 4.69) is 5.32 Å². The summed E-state index contributed by atoms with van der Waals surface area (Å²) < 4.78 is 5.34. The van der Waals surface area contributed by atoms with Crippen molar-refractivity contribution in [2.75, 3.05) is 5.88 Å². The summed E-state index contributed by atoms with van der Waals surface area (Å²) in [5, 5.41) is 13.5. The molecule has 1 aliphatic carbocycles. The number of hydrogen-bond acceptors (Lipinski definition) is 4. The van der Waals surface area contributed by atoms with Crippen LogP contribution in [-0.2, 0) is 14.3 Å². The summed E-state index contributed by atoms with van der Waals surface area (Å²) in [5.74, 6) is -1.14. The first-order valence-corrected chi connectivity index (χ1v) is 7.97. The van der Waals surface area contributed by atoms with E-state index in [1.54, 1.807) is 6.92 Å². The first-order valence-electron chi connectivity index (χ1n) is 7.43. The smallest absolute Gasteiger partial charge is 0.339 e. The lowest BCUT2D eigenvalue weighted by molar-refractivity contribution is -0.238. The van der Waals surface area contributed by atoms with E-state index in [0.717, 1.165) is 19.3 Å². The van der Waals surface area contributed by atoms with E-state index in [0.29, 0.717) is 12.3 Å². The van der Waals surface area contributed by atoms with Gasteiger partial charge in [0.05, 0.1) is 12.0 Å². The predicted octanol–water partition coefficient (Wildman–Crippen LogP) is 1.13. The third-order valence-electron chi connectivity index (χ3n) is 5.25. The zero-order valence-electron chi connectivity index (χ0n) is 12.0. The lowest BCUT2D eigenvalue weighted by Gasteiger charge is -2.54. The van der Waals surface area contributed by atoms with Crippen molar-refractivity contribution in [2.45, 2.75) is 49.9 Å². The summed E-state index contributed by atoms with van der Waals surface area (Å²) in [7, 11) is 0. The van der Waals surface area contributed by atoms with Gasteiger partial charge in [0.15, 0.2) is 5.60 Å². The van der Waals surface area contributed by atoms with Crippen molar-refractivity contribution < 1.29 is 19.4 Å². The van der Waals surface area contributed by atoms with E-state index >= 15 is 0 Å². The Morgan fingerprint density at radius 1 is 1.57 bits per heavy atom. The third kappa shape index (κ3) is 1.80. The van der Waals surface area contributed by atoms with Gasteiger partial charge in [-0.25, -0.2) is 4.79 Å². The number of halogens is 1. The number of alkyl halides is 1. The van der Waals surface area contributed by atoms with Crippen molar-refractivity contribution in [3.05, 3.63) is 12.2 Å². The summed E-state index contributed by atoms with van der Waals surface area (Å²) in [6.45, 7) is 1.72. The molecule has 0 radical (unpaired) electrons. The van der Waals surface area contributed by atoms with Crippen molar-refractivity contribution in [2.24, 2.45) is 11.8 Å². The van der Waals surface area contributed by atoms with E-state index in [9.17, 15) is 14.7 Å². The van der Waals surface area contributed by atoms with Gasteiger partial charge >= 0.3 is 5.97 Å². The molecule has 0 bridgehead atoms. The van der Waals surface area contributed by atoms with Crippen LogP contribution in [0.1, 0.15) is 32.6 Å². The second-order valence-electron chi connectivity index (χ2n) is 6.29. The Kier molecular flexibility index (Phi) is 3.53. The maximum absolute atomic E-state index is 12.2. The van der Waals surface area contributed by atoms with Crippen LogP contribution in [0.4, 0.5) is 0 Å². The number of carbonyl (C=O) groups excluding carboxylic acids is 2. The van der Waals surface area contributed by atoms with E-state index in [4.69, 9.17) is 16.3 Å². The second kappa shape index (κ2) is 4.99. The molecular weight excluding hydrogens is 294 g/mol. The molecule has 5 atom stereocenters. The van der Waals surface area contributed by atoms with Gasteiger partial charge in [0.1, 0.15) is 0 Å². The summed E-state index contributed by atoms with van der Waals surface area (Å²) in [5.41, 5.74) is -2.34. The number of allylic oxidation sites excluding steroid dienone is 1. The number of aliphatic hydroxyl groups is 1. The fourth-order valence-electron chi connectivity index (χ4n) is 3.99. The van der Waals surface area contributed by atoms with Crippen molar-refractivity contribution in [1.82, 2.24) is 5.32 Å². The Morgan fingerprint density at radius 3 is 2.90 bits per heavy atom. The van der Waals surface area contributed by atoms with Crippen molar-refractivity contribution in [3.8, 4) is 0 Å². The quantitative estimate of drug-likeness (QED) is 0.463. The lowest BCUT2D eigenvalue weighted by atomic mass is 9.64. The van der Waals surface area contributed by atoms with Crippen LogP contribution in [0.5, 0.6) is 0 Å². The molecule has 3 rings (SSSR count). The first-order chi connectivity index (χ1) is 9.97. The normalized spacial score (nSPS) is 42.8. The van der Waals surface area contributed by atoms with Crippen LogP contribution in [0, 0.1) is 11.8 Å². The molecule has 4 unspecified atom stereocenters. The van der Waals surface area contributed by atoms with E-state index in [-0.39, 0.29) is 11.8 Å². The van der Waals surface area contributed by atoms with Gasteiger partial charge in [0.2, 0.25) is 11.4 Å². The average Bonchev–Trinajstić information content (AvgIpc) is 2.65. The molecule has 0 aromatic rings. The van der Waals surface area contributed by atoms with Crippen molar-refractivity contribution in [1.29, 1.82) is 0 Å².